The van der Waals surface area contributed by atoms with Crippen LogP contribution < -0.4 is 11.1 Å². The highest BCUT2D eigenvalue weighted by molar-refractivity contribution is 9.10. The summed E-state index contributed by atoms with van der Waals surface area (Å²) >= 11 is 3.28. The van der Waals surface area contributed by atoms with E-state index in [0.717, 1.165) is 17.3 Å². The molecule has 1 amide bonds. The van der Waals surface area contributed by atoms with E-state index >= 15 is 0 Å². The zero-order valence-electron chi connectivity index (χ0n) is 11.4. The van der Waals surface area contributed by atoms with E-state index in [1.54, 1.807) is 12.3 Å². The highest BCUT2D eigenvalue weighted by Crippen LogP contribution is 2.15. The monoisotopic (exact) mass is 327 g/mol. The van der Waals surface area contributed by atoms with Crippen molar-refractivity contribution in [1.82, 2.24) is 10.3 Å². The molecule has 4 nitrogen and oxygen atoms in total. The van der Waals surface area contributed by atoms with Crippen molar-refractivity contribution >= 4 is 27.7 Å². The van der Waals surface area contributed by atoms with Gasteiger partial charge in [0.15, 0.2) is 0 Å². The van der Waals surface area contributed by atoms with Crippen LogP contribution in [-0.4, -0.2) is 17.4 Å². The van der Waals surface area contributed by atoms with Crippen molar-refractivity contribution in [2.45, 2.75) is 45.4 Å². The number of unbranched alkanes of at least 4 members (excludes halogenated alkanes) is 5. The van der Waals surface area contributed by atoms with Crippen LogP contribution in [0, 0.1) is 0 Å². The van der Waals surface area contributed by atoms with Crippen molar-refractivity contribution in [3.05, 3.63) is 22.3 Å². The number of hydrogen-bond acceptors (Lipinski definition) is 3. The topological polar surface area (TPSA) is 68.0 Å². The molecule has 0 saturated heterocycles. The van der Waals surface area contributed by atoms with E-state index in [-0.39, 0.29) is 11.7 Å². The number of nitrogen functional groups attached to an aromatic ring is 1. The Morgan fingerprint density at radius 2 is 2.00 bits per heavy atom. The van der Waals surface area contributed by atoms with Gasteiger partial charge in [0.25, 0.3) is 5.91 Å². The number of rotatable bonds is 8. The number of nitrogens with two attached hydrogens (primary N) is 1. The number of anilines is 1. The number of nitrogens with zero attached hydrogens (tertiary/aromatic N) is 1. The summed E-state index contributed by atoms with van der Waals surface area (Å²) in [6.45, 7) is 2.90. The molecule has 0 saturated carbocycles. The number of carbonyl (C=O) groups excluding carboxylic acids is 1. The summed E-state index contributed by atoms with van der Waals surface area (Å²) in [7, 11) is 0. The van der Waals surface area contributed by atoms with Crippen LogP contribution in [0.1, 0.15) is 55.8 Å². The van der Waals surface area contributed by atoms with Crippen molar-refractivity contribution in [3.8, 4) is 0 Å². The first-order valence-electron chi connectivity index (χ1n) is 6.84. The Morgan fingerprint density at radius 1 is 1.32 bits per heavy atom. The zero-order valence-corrected chi connectivity index (χ0v) is 13.0. The molecular formula is C14H22BrN3O. The second kappa shape index (κ2) is 8.91. The summed E-state index contributed by atoms with van der Waals surface area (Å²) in [5.74, 6) is 0.114. The molecule has 106 valence electrons. The molecule has 0 bridgehead atoms. The summed E-state index contributed by atoms with van der Waals surface area (Å²) < 4.78 is 0.756. The summed E-state index contributed by atoms with van der Waals surface area (Å²) in [5.41, 5.74) is 6.11. The maximum atomic E-state index is 11.9. The van der Waals surface area contributed by atoms with Crippen LogP contribution in [0.4, 0.5) is 5.82 Å². The Morgan fingerprint density at radius 3 is 2.74 bits per heavy atom. The predicted octanol–water partition coefficient (Wildman–Crippen LogP) is 3.52. The molecular weight excluding hydrogens is 306 g/mol. The number of pyridine rings is 1. The van der Waals surface area contributed by atoms with Gasteiger partial charge < -0.3 is 11.1 Å². The highest BCUT2D eigenvalue weighted by Gasteiger charge is 2.10. The zero-order chi connectivity index (χ0) is 14.1. The van der Waals surface area contributed by atoms with Crippen molar-refractivity contribution in [1.29, 1.82) is 0 Å². The van der Waals surface area contributed by atoms with E-state index < -0.39 is 0 Å². The molecule has 0 unspecified atom stereocenters. The number of halogens is 1. The third-order valence-electron chi connectivity index (χ3n) is 2.95. The fourth-order valence-corrected chi connectivity index (χ4v) is 2.17. The number of carbonyl (C=O) groups is 1. The molecule has 0 radical (unpaired) electrons. The fraction of sp³-hybridized carbons (Fsp3) is 0.571. The number of aromatic nitrogens is 1. The molecule has 19 heavy (non-hydrogen) atoms. The number of amides is 1. The van der Waals surface area contributed by atoms with Gasteiger partial charge in [-0.25, -0.2) is 4.98 Å². The van der Waals surface area contributed by atoms with Crippen LogP contribution in [0.25, 0.3) is 0 Å². The lowest BCUT2D eigenvalue weighted by Crippen LogP contribution is -2.25. The summed E-state index contributed by atoms with van der Waals surface area (Å²) in [4.78, 5) is 15.8. The average molecular weight is 328 g/mol. The van der Waals surface area contributed by atoms with Crippen LogP contribution in [0.3, 0.4) is 0 Å². The number of nitrogens with one attached hydrogen (secondary N) is 1. The maximum Gasteiger partial charge on any atom is 0.255 e. The van der Waals surface area contributed by atoms with Gasteiger partial charge in [0.05, 0.1) is 5.56 Å². The Bertz CT molecular complexity index is 410. The smallest absolute Gasteiger partial charge is 0.255 e. The van der Waals surface area contributed by atoms with Gasteiger partial charge in [0, 0.05) is 17.2 Å². The van der Waals surface area contributed by atoms with Crippen molar-refractivity contribution in [3.63, 3.8) is 0 Å². The van der Waals surface area contributed by atoms with E-state index in [0.29, 0.717) is 12.1 Å². The SMILES string of the molecule is CCCCCCCCNC(=O)c1cc(Br)cnc1N. The van der Waals surface area contributed by atoms with Crippen LogP contribution >= 0.6 is 15.9 Å². The molecule has 1 aromatic heterocycles. The van der Waals surface area contributed by atoms with Gasteiger partial charge in [-0.3, -0.25) is 4.79 Å². The third-order valence-corrected chi connectivity index (χ3v) is 3.38. The van der Waals surface area contributed by atoms with Crippen molar-refractivity contribution < 1.29 is 4.79 Å². The third kappa shape index (κ3) is 6.05. The lowest BCUT2D eigenvalue weighted by Gasteiger charge is -2.07. The van der Waals surface area contributed by atoms with E-state index in [4.69, 9.17) is 5.73 Å². The molecule has 1 heterocycles. The van der Waals surface area contributed by atoms with Gasteiger partial charge in [0.2, 0.25) is 0 Å². The molecule has 0 aliphatic rings. The second-order valence-corrected chi connectivity index (χ2v) is 5.53. The molecule has 0 aliphatic heterocycles. The Balaban J connectivity index is 2.26. The molecule has 1 aromatic rings. The average Bonchev–Trinajstić information content (AvgIpc) is 2.40. The van der Waals surface area contributed by atoms with Crippen molar-refractivity contribution in [2.75, 3.05) is 12.3 Å². The minimum Gasteiger partial charge on any atom is -0.383 e. The summed E-state index contributed by atoms with van der Waals surface area (Å²) in [5, 5.41) is 2.88. The molecule has 0 aromatic carbocycles. The molecule has 0 aliphatic carbocycles. The first-order chi connectivity index (χ1) is 9.15. The Hall–Kier alpha value is -1.10. The fourth-order valence-electron chi connectivity index (χ4n) is 1.83. The standard InChI is InChI=1S/C14H22BrN3O/c1-2-3-4-5-6-7-8-17-14(19)12-9-11(15)10-18-13(12)16/h9-10H,2-8H2,1H3,(H2,16,18)(H,17,19). The van der Waals surface area contributed by atoms with Gasteiger partial charge in [0.1, 0.15) is 5.82 Å². The lowest BCUT2D eigenvalue weighted by atomic mass is 10.1. The largest absolute Gasteiger partial charge is 0.383 e. The van der Waals surface area contributed by atoms with Gasteiger partial charge in [-0.1, -0.05) is 39.0 Å². The van der Waals surface area contributed by atoms with Crippen LogP contribution in [-0.2, 0) is 0 Å². The van der Waals surface area contributed by atoms with Gasteiger partial charge in [-0.15, -0.1) is 0 Å². The van der Waals surface area contributed by atoms with E-state index in [2.05, 4.69) is 33.2 Å². The summed E-state index contributed by atoms with van der Waals surface area (Å²) in [6.07, 6.45) is 8.83. The second-order valence-electron chi connectivity index (χ2n) is 4.61. The minimum absolute atomic E-state index is 0.153. The predicted molar refractivity (Wildman–Crippen MR) is 82.1 cm³/mol. The molecule has 1 rings (SSSR count). The first kappa shape index (κ1) is 16.0. The van der Waals surface area contributed by atoms with Gasteiger partial charge in [-0.05, 0) is 28.4 Å². The van der Waals surface area contributed by atoms with Crippen LogP contribution in [0.2, 0.25) is 0 Å². The molecule has 0 atom stereocenters. The molecule has 3 N–H and O–H groups in total. The number of hydrogen-bond donors (Lipinski definition) is 2. The van der Waals surface area contributed by atoms with Crippen LogP contribution in [0.15, 0.2) is 16.7 Å². The van der Waals surface area contributed by atoms with E-state index in [1.165, 1.54) is 25.7 Å². The molecule has 5 heteroatoms. The van der Waals surface area contributed by atoms with E-state index in [1.807, 2.05) is 0 Å². The van der Waals surface area contributed by atoms with Crippen LogP contribution in [0.5, 0.6) is 0 Å². The first-order valence-corrected chi connectivity index (χ1v) is 7.63. The normalized spacial score (nSPS) is 10.4. The molecule has 0 spiro atoms. The Kier molecular flexibility index (Phi) is 7.48. The quantitative estimate of drug-likeness (QED) is 0.718. The van der Waals surface area contributed by atoms with Gasteiger partial charge in [-0.2, -0.15) is 0 Å². The maximum absolute atomic E-state index is 11.9. The van der Waals surface area contributed by atoms with Gasteiger partial charge >= 0.3 is 0 Å². The minimum atomic E-state index is -0.153. The Labute approximate surface area is 123 Å². The van der Waals surface area contributed by atoms with Crippen molar-refractivity contribution in [2.24, 2.45) is 0 Å². The lowest BCUT2D eigenvalue weighted by molar-refractivity contribution is 0.0953. The molecule has 0 fully saturated rings. The van der Waals surface area contributed by atoms with E-state index in [9.17, 15) is 4.79 Å². The summed E-state index contributed by atoms with van der Waals surface area (Å²) in [6, 6.07) is 1.69. The highest BCUT2D eigenvalue weighted by atomic mass is 79.9.